The van der Waals surface area contributed by atoms with Gasteiger partial charge in [-0.3, -0.25) is 9.59 Å². The lowest BCUT2D eigenvalue weighted by Gasteiger charge is -2.27. The zero-order valence-corrected chi connectivity index (χ0v) is 20.3. The van der Waals surface area contributed by atoms with Crippen LogP contribution < -0.4 is 5.73 Å². The topological polar surface area (TPSA) is 165 Å². The molecule has 4 N–H and O–H groups in total. The number of amides is 2. The fraction of sp³-hybridized carbons (Fsp3) is 0.480. The molecule has 0 bridgehead atoms. The maximum atomic E-state index is 13.8. The van der Waals surface area contributed by atoms with Crippen LogP contribution in [0.5, 0.6) is 0 Å². The van der Waals surface area contributed by atoms with Crippen molar-refractivity contribution in [2.24, 2.45) is 17.1 Å². The molecule has 0 spiro atoms. The highest BCUT2D eigenvalue weighted by Crippen LogP contribution is 2.47. The minimum absolute atomic E-state index is 0.0578. The van der Waals surface area contributed by atoms with E-state index in [1.165, 1.54) is 0 Å². The number of nitrogens with zero attached hydrogens (tertiary/aromatic N) is 3. The molecule has 1 aliphatic carbocycles. The van der Waals surface area contributed by atoms with Crippen LogP contribution in [0.25, 0.3) is 0 Å². The van der Waals surface area contributed by atoms with Crippen molar-refractivity contribution < 1.29 is 42.6 Å². The van der Waals surface area contributed by atoms with E-state index < -0.39 is 40.8 Å². The molecule has 0 aromatic heterocycles. The van der Waals surface area contributed by atoms with Gasteiger partial charge in [0.1, 0.15) is 11.2 Å². The highest BCUT2D eigenvalue weighted by Gasteiger charge is 2.55. The average molecular weight is 537 g/mol. The summed E-state index contributed by atoms with van der Waals surface area (Å²) in [5.74, 6) is -6.00. The Morgan fingerprint density at radius 1 is 1.08 bits per heavy atom. The van der Waals surface area contributed by atoms with Gasteiger partial charge in [-0.05, 0) is 37.3 Å². The van der Waals surface area contributed by atoms with Gasteiger partial charge < -0.3 is 25.7 Å². The number of benzene rings is 1. The van der Waals surface area contributed by atoms with Crippen LogP contribution in [0.15, 0.2) is 24.3 Å². The molecule has 0 radical (unpaired) electrons. The van der Waals surface area contributed by atoms with E-state index in [1.54, 1.807) is 9.80 Å². The van der Waals surface area contributed by atoms with Gasteiger partial charge in [0.25, 0.3) is 0 Å². The lowest BCUT2D eigenvalue weighted by Crippen LogP contribution is -2.44. The Labute approximate surface area is 216 Å². The maximum Gasteiger partial charge on any atom is 0.328 e. The van der Waals surface area contributed by atoms with Crippen molar-refractivity contribution in [3.8, 4) is 6.07 Å². The van der Waals surface area contributed by atoms with Crippen LogP contribution in [0.2, 0.25) is 0 Å². The van der Waals surface area contributed by atoms with Crippen LogP contribution in [0.3, 0.4) is 0 Å². The number of aliphatic carboxylic acids is 2. The summed E-state index contributed by atoms with van der Waals surface area (Å²) in [4.78, 5) is 47.9. The minimum Gasteiger partial charge on any atom is -0.478 e. The smallest absolute Gasteiger partial charge is 0.328 e. The maximum absolute atomic E-state index is 13.8. The summed E-state index contributed by atoms with van der Waals surface area (Å²) < 4.78 is 40.3. The van der Waals surface area contributed by atoms with Gasteiger partial charge in [0.15, 0.2) is 11.6 Å². The minimum atomic E-state index is -1.27. The first kappa shape index (κ1) is 28.6. The number of carboxylic acids is 2. The van der Waals surface area contributed by atoms with Crippen molar-refractivity contribution in [1.82, 2.24) is 9.80 Å². The molecular weight excluding hydrogens is 509 g/mol. The highest BCUT2D eigenvalue weighted by molar-refractivity contribution is 5.90. The molecule has 1 aromatic carbocycles. The lowest BCUT2D eigenvalue weighted by atomic mass is 10.0. The zero-order valence-electron chi connectivity index (χ0n) is 20.3. The third kappa shape index (κ3) is 6.69. The van der Waals surface area contributed by atoms with Gasteiger partial charge in [-0.25, -0.2) is 22.8 Å². The van der Waals surface area contributed by atoms with Crippen LogP contribution in [0.4, 0.5) is 13.2 Å². The molecule has 10 nitrogen and oxygen atoms in total. The van der Waals surface area contributed by atoms with Crippen LogP contribution in [0.1, 0.15) is 31.2 Å². The predicted molar refractivity (Wildman–Crippen MR) is 124 cm³/mol. The molecule has 3 atom stereocenters. The number of nitriles is 1. The number of hydrogen-bond donors (Lipinski definition) is 3. The van der Waals surface area contributed by atoms with E-state index in [-0.39, 0.29) is 42.2 Å². The summed E-state index contributed by atoms with van der Waals surface area (Å²) in [5, 5.41) is 24.9. The Kier molecular flexibility index (Phi) is 8.78. The molecule has 2 heterocycles. The van der Waals surface area contributed by atoms with Crippen molar-refractivity contribution in [3.05, 3.63) is 47.3 Å². The number of carboxylic acid groups (broad SMARTS) is 2. The van der Waals surface area contributed by atoms with Crippen molar-refractivity contribution in [3.63, 3.8) is 0 Å². The number of rotatable bonds is 7. The number of halogens is 3. The number of carbonyl (C=O) groups is 4. The number of fused-ring (bicyclic) bond motifs is 1. The number of nitrogens with two attached hydrogens (primary N) is 1. The predicted octanol–water partition coefficient (Wildman–Crippen LogP) is 1.44. The molecule has 1 saturated carbocycles. The fourth-order valence-electron chi connectivity index (χ4n) is 4.80. The van der Waals surface area contributed by atoms with E-state index >= 15 is 0 Å². The van der Waals surface area contributed by atoms with Gasteiger partial charge in [-0.2, -0.15) is 5.26 Å². The SMILES string of the molecule is N#CC1(C(=O)N2C[C@@H]3CCN(C(=O)C[C@H](N)Cc4cc(F)c(F)cc4F)[C@@H]3C2)CC1.O=C(O)C=CC(=O)O. The molecule has 1 aromatic rings. The highest BCUT2D eigenvalue weighted by atomic mass is 19.2. The van der Waals surface area contributed by atoms with Gasteiger partial charge in [-0.1, -0.05) is 0 Å². The Hall–Kier alpha value is -3.92. The van der Waals surface area contributed by atoms with Gasteiger partial charge in [0.2, 0.25) is 11.8 Å². The average Bonchev–Trinajstić information content (AvgIpc) is 3.38. The van der Waals surface area contributed by atoms with E-state index in [1.807, 2.05) is 0 Å². The van der Waals surface area contributed by atoms with Gasteiger partial charge in [0.05, 0.1) is 12.1 Å². The summed E-state index contributed by atoms with van der Waals surface area (Å²) in [6.07, 6.45) is 2.92. The Balaban J connectivity index is 0.000000436. The normalized spacial score (nSPS) is 21.8. The first-order valence-electron chi connectivity index (χ1n) is 11.9. The molecule has 0 unspecified atom stereocenters. The number of likely N-dealkylation sites (tertiary alicyclic amines) is 2. The first-order valence-corrected chi connectivity index (χ1v) is 11.9. The zero-order chi connectivity index (χ0) is 28.2. The van der Waals surface area contributed by atoms with Crippen LogP contribution in [-0.4, -0.2) is 75.5 Å². The van der Waals surface area contributed by atoms with E-state index in [0.29, 0.717) is 50.7 Å². The molecule has 3 fully saturated rings. The summed E-state index contributed by atoms with van der Waals surface area (Å²) >= 11 is 0. The second kappa shape index (κ2) is 11.6. The monoisotopic (exact) mass is 536 g/mol. The van der Waals surface area contributed by atoms with Crippen LogP contribution >= 0.6 is 0 Å². The van der Waals surface area contributed by atoms with Gasteiger partial charge in [-0.15, -0.1) is 0 Å². The summed E-state index contributed by atoms with van der Waals surface area (Å²) in [5.41, 5.74) is 5.05. The summed E-state index contributed by atoms with van der Waals surface area (Å²) in [6, 6.07) is 2.51. The molecule has 204 valence electrons. The van der Waals surface area contributed by atoms with E-state index in [2.05, 4.69) is 6.07 Å². The Bertz CT molecular complexity index is 1180. The van der Waals surface area contributed by atoms with Crippen LogP contribution in [-0.2, 0) is 25.6 Å². The van der Waals surface area contributed by atoms with Crippen LogP contribution in [0, 0.1) is 40.1 Å². The second-order valence-corrected chi connectivity index (χ2v) is 9.64. The number of carbonyl (C=O) groups excluding carboxylic acids is 2. The standard InChI is InChI=1S/C21H23F3N4O2.C4H4O4/c22-15-8-17(24)16(23)6-13(15)5-14(26)7-19(29)28-4-1-12-9-27(10-18(12)28)20(30)21(11-25)2-3-21;5-3(6)1-2-4(7)8/h6,8,12,14,18H,1-5,7,9-10,26H2;1-2H,(H,5,6)(H,7,8)/t12-,14+,18+;/m0./s1. The van der Waals surface area contributed by atoms with Crippen molar-refractivity contribution in [1.29, 1.82) is 5.26 Å². The molecule has 2 amide bonds. The van der Waals surface area contributed by atoms with E-state index in [9.17, 15) is 37.6 Å². The number of hydrogen-bond acceptors (Lipinski definition) is 6. The van der Waals surface area contributed by atoms with Crippen molar-refractivity contribution in [2.45, 2.75) is 44.2 Å². The second-order valence-electron chi connectivity index (χ2n) is 9.64. The molecule has 2 saturated heterocycles. The third-order valence-corrected chi connectivity index (χ3v) is 6.91. The fourth-order valence-corrected chi connectivity index (χ4v) is 4.80. The van der Waals surface area contributed by atoms with Gasteiger partial charge in [0, 0.05) is 56.2 Å². The third-order valence-electron chi connectivity index (χ3n) is 6.91. The largest absolute Gasteiger partial charge is 0.478 e. The van der Waals surface area contributed by atoms with Crippen molar-refractivity contribution >= 4 is 23.8 Å². The molecule has 4 rings (SSSR count). The Morgan fingerprint density at radius 2 is 1.68 bits per heavy atom. The molecule has 3 aliphatic rings. The first-order chi connectivity index (χ1) is 17.9. The molecule has 13 heteroatoms. The summed E-state index contributed by atoms with van der Waals surface area (Å²) in [6.45, 7) is 1.51. The Morgan fingerprint density at radius 3 is 2.24 bits per heavy atom. The van der Waals surface area contributed by atoms with Crippen molar-refractivity contribution in [2.75, 3.05) is 19.6 Å². The van der Waals surface area contributed by atoms with E-state index in [0.717, 1.165) is 12.5 Å². The lowest BCUT2D eigenvalue weighted by molar-refractivity contribution is -0.136. The molecular formula is C25H27F3N4O6. The van der Waals surface area contributed by atoms with Gasteiger partial charge >= 0.3 is 11.9 Å². The van der Waals surface area contributed by atoms with E-state index in [4.69, 9.17) is 15.9 Å². The molecule has 2 aliphatic heterocycles. The summed E-state index contributed by atoms with van der Waals surface area (Å²) in [7, 11) is 0. The quantitative estimate of drug-likeness (QED) is 0.348. The molecule has 38 heavy (non-hydrogen) atoms.